The van der Waals surface area contributed by atoms with Crippen molar-refractivity contribution in [1.82, 2.24) is 4.98 Å². The number of Topliss-reactive ketones (excluding diaryl/α,β-unsaturated/α-hetero) is 1. The van der Waals surface area contributed by atoms with Gasteiger partial charge in [-0.3, -0.25) is 14.5 Å². The topological polar surface area (TPSA) is 115 Å². The van der Waals surface area contributed by atoms with E-state index >= 15 is 0 Å². The lowest BCUT2D eigenvalue weighted by Gasteiger charge is -2.23. The molecule has 3 aromatic rings. The number of thiazole rings is 1. The predicted octanol–water partition coefficient (Wildman–Crippen LogP) is 4.59. The van der Waals surface area contributed by atoms with E-state index in [2.05, 4.69) is 4.98 Å². The van der Waals surface area contributed by atoms with Gasteiger partial charge in [0.1, 0.15) is 28.2 Å². The van der Waals surface area contributed by atoms with Gasteiger partial charge in [-0.05, 0) is 62.2 Å². The van der Waals surface area contributed by atoms with Crippen molar-refractivity contribution in [3.05, 3.63) is 75.3 Å². The normalized spacial score (nSPS) is 19.8. The van der Waals surface area contributed by atoms with Crippen molar-refractivity contribution in [3.8, 4) is 11.5 Å². The average Bonchev–Trinajstić information content (AvgIpc) is 3.55. The second-order valence-electron chi connectivity index (χ2n) is 9.03. The van der Waals surface area contributed by atoms with E-state index in [0.717, 1.165) is 22.6 Å². The molecule has 0 radical (unpaired) electrons. The molecule has 10 heteroatoms. The first kappa shape index (κ1) is 25.5. The quantitative estimate of drug-likeness (QED) is 0.211. The summed E-state index contributed by atoms with van der Waals surface area (Å²) >= 11 is 0.949. The van der Waals surface area contributed by atoms with Gasteiger partial charge >= 0.3 is 11.9 Å². The number of esters is 1. The van der Waals surface area contributed by atoms with Crippen LogP contribution in [-0.4, -0.2) is 47.6 Å². The number of aryl methyl sites for hydroxylation is 1. The third-order valence-corrected chi connectivity index (χ3v) is 7.60. The summed E-state index contributed by atoms with van der Waals surface area (Å²) in [6.45, 7) is 5.85. The molecule has 9 nitrogen and oxygen atoms in total. The fourth-order valence-electron chi connectivity index (χ4n) is 4.78. The number of carbonyl (C=O) groups excluding carboxylic acids is 3. The van der Waals surface area contributed by atoms with Gasteiger partial charge in [0.05, 0.1) is 31.0 Å². The molecule has 2 unspecified atom stereocenters. The minimum Gasteiger partial charge on any atom is -0.507 e. The number of hydrogen-bond acceptors (Lipinski definition) is 9. The molecular formula is C28H26N2O7S. The molecule has 2 aliphatic rings. The number of amides is 1. The predicted molar refractivity (Wildman–Crippen MR) is 141 cm³/mol. The maximum atomic E-state index is 13.5. The smallest absolute Gasteiger partial charge is 0.350 e. The molecule has 0 spiro atoms. The van der Waals surface area contributed by atoms with Gasteiger partial charge in [0.15, 0.2) is 5.13 Å². The number of aliphatic hydroxyl groups is 1. The Morgan fingerprint density at radius 1 is 1.24 bits per heavy atom. The molecule has 1 aromatic heterocycles. The summed E-state index contributed by atoms with van der Waals surface area (Å²) in [5.74, 6) is -1.34. The lowest BCUT2D eigenvalue weighted by atomic mass is 9.94. The van der Waals surface area contributed by atoms with Crippen LogP contribution < -0.4 is 14.4 Å². The van der Waals surface area contributed by atoms with Crippen LogP contribution in [0.1, 0.15) is 51.9 Å². The molecule has 38 heavy (non-hydrogen) atoms. The van der Waals surface area contributed by atoms with Crippen LogP contribution in [0.3, 0.4) is 0 Å². The van der Waals surface area contributed by atoms with Crippen LogP contribution in [0.5, 0.6) is 11.5 Å². The molecule has 2 atom stereocenters. The van der Waals surface area contributed by atoms with Crippen LogP contribution in [0.15, 0.2) is 48.0 Å². The molecule has 0 saturated carbocycles. The first-order valence-corrected chi connectivity index (χ1v) is 12.9. The highest BCUT2D eigenvalue weighted by Gasteiger charge is 2.48. The van der Waals surface area contributed by atoms with Gasteiger partial charge in [-0.1, -0.05) is 23.5 Å². The van der Waals surface area contributed by atoms with E-state index < -0.39 is 23.7 Å². The highest BCUT2D eigenvalue weighted by Crippen LogP contribution is 2.45. The number of fused-ring (bicyclic) bond motifs is 1. The van der Waals surface area contributed by atoms with Crippen molar-refractivity contribution in [2.45, 2.75) is 39.3 Å². The standard InChI is InChI=1S/C28H26N2O7S/c1-5-36-19-8-6-7-16(13-19)22-21(23(31)17-9-10-20-18(12-17)11-14(2)37-20)24(32)26(33)30(22)28-29-15(3)25(38-28)27(34)35-4/h6-10,12-14,22,31H,5,11H2,1-4H3/b23-21-. The first-order chi connectivity index (χ1) is 18.2. The zero-order valence-corrected chi connectivity index (χ0v) is 22.1. The summed E-state index contributed by atoms with van der Waals surface area (Å²) in [7, 11) is 1.26. The van der Waals surface area contributed by atoms with Crippen molar-refractivity contribution < 1.29 is 33.7 Å². The van der Waals surface area contributed by atoms with Gasteiger partial charge in [-0.25, -0.2) is 9.78 Å². The Kier molecular flexibility index (Phi) is 6.66. The second-order valence-corrected chi connectivity index (χ2v) is 10.0. The van der Waals surface area contributed by atoms with Crippen molar-refractivity contribution >= 4 is 39.9 Å². The Labute approximate surface area is 223 Å². The fraction of sp³-hybridized carbons (Fsp3) is 0.286. The number of ether oxygens (including phenoxy) is 3. The molecule has 2 aromatic carbocycles. The largest absolute Gasteiger partial charge is 0.507 e. The molecule has 1 amide bonds. The minimum atomic E-state index is -1.00. The molecule has 3 heterocycles. The fourth-order valence-corrected chi connectivity index (χ4v) is 5.79. The Balaban J connectivity index is 1.69. The van der Waals surface area contributed by atoms with Gasteiger partial charge in [0, 0.05) is 12.0 Å². The van der Waals surface area contributed by atoms with E-state index in [1.165, 1.54) is 12.0 Å². The monoisotopic (exact) mass is 534 g/mol. The molecule has 1 N–H and O–H groups in total. The summed E-state index contributed by atoms with van der Waals surface area (Å²) < 4.78 is 16.3. The Bertz CT molecular complexity index is 1490. The summed E-state index contributed by atoms with van der Waals surface area (Å²) in [6, 6.07) is 11.2. The van der Waals surface area contributed by atoms with Crippen LogP contribution in [0.2, 0.25) is 0 Å². The number of hydrogen-bond donors (Lipinski definition) is 1. The van der Waals surface area contributed by atoms with Crippen LogP contribution in [0.25, 0.3) is 5.76 Å². The number of nitrogens with zero attached hydrogens (tertiary/aromatic N) is 2. The third-order valence-electron chi connectivity index (χ3n) is 6.46. The summed E-state index contributed by atoms with van der Waals surface area (Å²) in [6.07, 6.45) is 0.672. The van der Waals surface area contributed by atoms with Gasteiger partial charge in [-0.15, -0.1) is 0 Å². The number of carbonyl (C=O) groups is 3. The summed E-state index contributed by atoms with van der Waals surface area (Å²) in [4.78, 5) is 45.1. The number of benzene rings is 2. The van der Waals surface area contributed by atoms with E-state index in [0.29, 0.717) is 35.6 Å². The van der Waals surface area contributed by atoms with Crippen LogP contribution >= 0.6 is 11.3 Å². The molecule has 0 aliphatic carbocycles. The molecule has 2 aliphatic heterocycles. The Hall–Kier alpha value is -4.18. The number of rotatable bonds is 6. The number of aromatic nitrogens is 1. The van der Waals surface area contributed by atoms with Gasteiger partial charge in [-0.2, -0.15) is 0 Å². The summed E-state index contributed by atoms with van der Waals surface area (Å²) in [5.41, 5.74) is 2.14. The number of methoxy groups -OCH3 is 1. The van der Waals surface area contributed by atoms with Crippen molar-refractivity contribution in [1.29, 1.82) is 0 Å². The molecule has 5 rings (SSSR count). The van der Waals surface area contributed by atoms with Gasteiger partial charge in [0.2, 0.25) is 0 Å². The van der Waals surface area contributed by atoms with Gasteiger partial charge < -0.3 is 19.3 Å². The molecule has 0 bridgehead atoms. The number of ketones is 1. The van der Waals surface area contributed by atoms with Crippen molar-refractivity contribution in [3.63, 3.8) is 0 Å². The van der Waals surface area contributed by atoms with Crippen LogP contribution in [-0.2, 0) is 20.7 Å². The lowest BCUT2D eigenvalue weighted by molar-refractivity contribution is -0.132. The summed E-state index contributed by atoms with van der Waals surface area (Å²) in [5, 5.41) is 11.6. The van der Waals surface area contributed by atoms with E-state index in [1.807, 2.05) is 13.8 Å². The number of anilines is 1. The highest BCUT2D eigenvalue weighted by atomic mass is 32.1. The van der Waals surface area contributed by atoms with Crippen molar-refractivity contribution in [2.75, 3.05) is 18.6 Å². The van der Waals surface area contributed by atoms with Gasteiger partial charge in [0.25, 0.3) is 5.78 Å². The molecule has 196 valence electrons. The van der Waals surface area contributed by atoms with Crippen LogP contribution in [0.4, 0.5) is 5.13 Å². The Morgan fingerprint density at radius 3 is 2.76 bits per heavy atom. The highest BCUT2D eigenvalue weighted by molar-refractivity contribution is 7.17. The Morgan fingerprint density at radius 2 is 2.03 bits per heavy atom. The minimum absolute atomic E-state index is 0.00595. The first-order valence-electron chi connectivity index (χ1n) is 12.1. The van der Waals surface area contributed by atoms with E-state index in [1.54, 1.807) is 49.4 Å². The molecular weight excluding hydrogens is 508 g/mol. The molecule has 1 saturated heterocycles. The maximum absolute atomic E-state index is 13.5. The second kappa shape index (κ2) is 9.94. The van der Waals surface area contributed by atoms with Crippen molar-refractivity contribution in [2.24, 2.45) is 0 Å². The lowest BCUT2D eigenvalue weighted by Crippen LogP contribution is -2.29. The number of aliphatic hydroxyl groups excluding tert-OH is 1. The van der Waals surface area contributed by atoms with Crippen LogP contribution in [0, 0.1) is 6.92 Å². The van der Waals surface area contributed by atoms with E-state index in [-0.39, 0.29) is 27.4 Å². The third kappa shape index (κ3) is 4.30. The van der Waals surface area contributed by atoms with E-state index in [4.69, 9.17) is 14.2 Å². The zero-order valence-electron chi connectivity index (χ0n) is 21.3. The maximum Gasteiger partial charge on any atom is 0.350 e. The molecule has 1 fully saturated rings. The van der Waals surface area contributed by atoms with E-state index in [9.17, 15) is 19.5 Å². The average molecular weight is 535 g/mol. The zero-order chi connectivity index (χ0) is 27.1. The SMILES string of the molecule is CCOc1cccc(C2/C(=C(/O)c3ccc4c(c3)CC(C)O4)C(=O)C(=O)N2c2nc(C)c(C(=O)OC)s2)c1.